The van der Waals surface area contributed by atoms with Gasteiger partial charge in [-0.05, 0) is 61.4 Å². The molecule has 2 N–H and O–H groups in total. The summed E-state index contributed by atoms with van der Waals surface area (Å²) in [6.45, 7) is 4.12. The molecule has 5 nitrogen and oxygen atoms in total. The molecule has 0 saturated heterocycles. The smallest absolute Gasteiger partial charge is 0.261 e. The number of ether oxygens (including phenoxy) is 1. The van der Waals surface area contributed by atoms with E-state index in [2.05, 4.69) is 17.2 Å². The van der Waals surface area contributed by atoms with Gasteiger partial charge in [0.1, 0.15) is 11.3 Å². The lowest BCUT2D eigenvalue weighted by atomic mass is 9.87. The van der Waals surface area contributed by atoms with Gasteiger partial charge in [-0.2, -0.15) is 0 Å². The average Bonchev–Trinajstić information content (AvgIpc) is 2.54. The topological polar surface area (TPSA) is 71.2 Å². The van der Waals surface area contributed by atoms with Crippen molar-refractivity contribution in [1.29, 1.82) is 0 Å². The number of H-pyrrole nitrogens is 1. The molecule has 1 aromatic carbocycles. The molecule has 0 bridgehead atoms. The van der Waals surface area contributed by atoms with Crippen molar-refractivity contribution in [2.75, 3.05) is 12.4 Å². The highest BCUT2D eigenvalue weighted by molar-refractivity contribution is 6.05. The summed E-state index contributed by atoms with van der Waals surface area (Å²) in [7, 11) is 1.55. The number of carbonyl (C=O) groups excluding carboxylic acids is 1. The number of fused-ring (bicyclic) bond motifs is 1. The Morgan fingerprint density at radius 3 is 2.88 bits per heavy atom. The summed E-state index contributed by atoms with van der Waals surface area (Å²) in [6.07, 6.45) is 2.81. The number of rotatable bonds is 3. The van der Waals surface area contributed by atoms with Crippen molar-refractivity contribution in [3.8, 4) is 5.75 Å². The highest BCUT2D eigenvalue weighted by Gasteiger charge is 2.20. The summed E-state index contributed by atoms with van der Waals surface area (Å²) >= 11 is 0. The van der Waals surface area contributed by atoms with Crippen LogP contribution in [0.4, 0.5) is 5.69 Å². The summed E-state index contributed by atoms with van der Waals surface area (Å²) in [4.78, 5) is 27.7. The first-order valence-electron chi connectivity index (χ1n) is 8.19. The molecular weight excluding hydrogens is 304 g/mol. The van der Waals surface area contributed by atoms with E-state index in [-0.39, 0.29) is 11.1 Å². The quantitative estimate of drug-likeness (QED) is 0.910. The molecule has 1 amide bonds. The van der Waals surface area contributed by atoms with Gasteiger partial charge in [0.25, 0.3) is 11.5 Å². The lowest BCUT2D eigenvalue weighted by Gasteiger charge is -2.21. The maximum Gasteiger partial charge on any atom is 0.261 e. The third kappa shape index (κ3) is 3.20. The first kappa shape index (κ1) is 16.3. The number of pyridine rings is 1. The van der Waals surface area contributed by atoms with E-state index in [0.717, 1.165) is 36.1 Å². The largest absolute Gasteiger partial charge is 0.495 e. The third-order valence-electron chi connectivity index (χ3n) is 4.52. The van der Waals surface area contributed by atoms with E-state index in [1.54, 1.807) is 19.2 Å². The number of hydrogen-bond acceptors (Lipinski definition) is 3. The van der Waals surface area contributed by atoms with Crippen LogP contribution in [0.5, 0.6) is 5.75 Å². The number of aromatic amines is 1. The SMILES string of the molecule is COc1ccc(C)cc1NC(=O)c1cc2c([nH]c1=O)CCC(C)C2. The van der Waals surface area contributed by atoms with Crippen LogP contribution in [-0.2, 0) is 12.8 Å². The second-order valence-corrected chi connectivity index (χ2v) is 6.52. The van der Waals surface area contributed by atoms with Gasteiger partial charge >= 0.3 is 0 Å². The summed E-state index contributed by atoms with van der Waals surface area (Å²) in [5.74, 6) is 0.717. The predicted molar refractivity (Wildman–Crippen MR) is 93.9 cm³/mol. The van der Waals surface area contributed by atoms with E-state index in [1.165, 1.54) is 0 Å². The van der Waals surface area contributed by atoms with Crippen molar-refractivity contribution in [3.63, 3.8) is 0 Å². The Morgan fingerprint density at radius 2 is 2.12 bits per heavy atom. The van der Waals surface area contributed by atoms with Crippen molar-refractivity contribution in [3.05, 3.63) is 57.0 Å². The molecule has 0 saturated carbocycles. The summed E-state index contributed by atoms with van der Waals surface area (Å²) in [5.41, 5.74) is 3.39. The summed E-state index contributed by atoms with van der Waals surface area (Å²) < 4.78 is 5.27. The minimum absolute atomic E-state index is 0.145. The number of anilines is 1. The molecule has 5 heteroatoms. The molecule has 1 atom stereocenters. The van der Waals surface area contributed by atoms with Crippen LogP contribution in [0.1, 0.15) is 40.5 Å². The van der Waals surface area contributed by atoms with Crippen molar-refractivity contribution in [2.45, 2.75) is 33.1 Å². The Bertz CT molecular complexity index is 839. The van der Waals surface area contributed by atoms with Crippen molar-refractivity contribution in [2.24, 2.45) is 5.92 Å². The Balaban J connectivity index is 1.92. The summed E-state index contributed by atoms with van der Waals surface area (Å²) in [5, 5.41) is 2.79. The van der Waals surface area contributed by atoms with Gasteiger partial charge < -0.3 is 15.0 Å². The normalized spacial score (nSPS) is 16.4. The zero-order valence-electron chi connectivity index (χ0n) is 14.2. The molecular formula is C19H22N2O3. The number of amides is 1. The van der Waals surface area contributed by atoms with Gasteiger partial charge in [0.05, 0.1) is 12.8 Å². The van der Waals surface area contributed by atoms with E-state index in [9.17, 15) is 9.59 Å². The molecule has 3 rings (SSSR count). The number of aromatic nitrogens is 1. The van der Waals surface area contributed by atoms with E-state index < -0.39 is 5.91 Å². The van der Waals surface area contributed by atoms with Gasteiger partial charge in [-0.1, -0.05) is 13.0 Å². The third-order valence-corrected chi connectivity index (χ3v) is 4.52. The highest BCUT2D eigenvalue weighted by atomic mass is 16.5. The molecule has 1 aliphatic rings. The van der Waals surface area contributed by atoms with E-state index in [0.29, 0.717) is 17.4 Å². The van der Waals surface area contributed by atoms with Crippen molar-refractivity contribution < 1.29 is 9.53 Å². The van der Waals surface area contributed by atoms with Crippen molar-refractivity contribution >= 4 is 11.6 Å². The van der Waals surface area contributed by atoms with E-state index >= 15 is 0 Å². The van der Waals surface area contributed by atoms with Crippen LogP contribution in [0.2, 0.25) is 0 Å². The highest BCUT2D eigenvalue weighted by Crippen LogP contribution is 2.26. The molecule has 1 aliphatic carbocycles. The zero-order valence-corrected chi connectivity index (χ0v) is 14.2. The molecule has 0 aliphatic heterocycles. The molecule has 2 aromatic rings. The maximum atomic E-state index is 12.6. The van der Waals surface area contributed by atoms with Gasteiger partial charge in [0.2, 0.25) is 0 Å². The van der Waals surface area contributed by atoms with E-state index in [4.69, 9.17) is 4.74 Å². The standard InChI is InChI=1S/C19H22N2O3/c1-11-4-6-15-13(8-11)10-14(18(22)20-15)19(23)21-16-9-12(2)5-7-17(16)24-3/h5,7,9-11H,4,6,8H2,1-3H3,(H,20,22)(H,21,23). The second-order valence-electron chi connectivity index (χ2n) is 6.52. The molecule has 1 unspecified atom stereocenters. The fraction of sp³-hybridized carbons (Fsp3) is 0.368. The first-order valence-corrected chi connectivity index (χ1v) is 8.19. The molecule has 0 fully saturated rings. The fourth-order valence-electron chi connectivity index (χ4n) is 3.16. The number of carbonyl (C=O) groups is 1. The number of hydrogen-bond donors (Lipinski definition) is 2. The van der Waals surface area contributed by atoms with Crippen LogP contribution in [0.3, 0.4) is 0 Å². The van der Waals surface area contributed by atoms with Gasteiger partial charge in [-0.15, -0.1) is 0 Å². The maximum absolute atomic E-state index is 12.6. The molecule has 24 heavy (non-hydrogen) atoms. The van der Waals surface area contributed by atoms with Crippen LogP contribution in [0.15, 0.2) is 29.1 Å². The van der Waals surface area contributed by atoms with Crippen LogP contribution in [-0.4, -0.2) is 18.0 Å². The minimum atomic E-state index is -0.416. The Morgan fingerprint density at radius 1 is 1.33 bits per heavy atom. The number of aryl methyl sites for hydroxylation is 2. The van der Waals surface area contributed by atoms with Crippen LogP contribution >= 0.6 is 0 Å². The van der Waals surface area contributed by atoms with Gasteiger partial charge in [0.15, 0.2) is 0 Å². The molecule has 1 heterocycles. The van der Waals surface area contributed by atoms with E-state index in [1.807, 2.05) is 19.1 Å². The van der Waals surface area contributed by atoms with Gasteiger partial charge in [0, 0.05) is 5.69 Å². The Labute approximate surface area is 141 Å². The molecule has 0 spiro atoms. The molecule has 126 valence electrons. The number of nitrogens with one attached hydrogen (secondary N) is 2. The second kappa shape index (κ2) is 6.51. The average molecular weight is 326 g/mol. The zero-order chi connectivity index (χ0) is 17.3. The molecule has 1 aromatic heterocycles. The molecule has 0 radical (unpaired) electrons. The fourth-order valence-corrected chi connectivity index (χ4v) is 3.16. The Kier molecular flexibility index (Phi) is 4.42. The number of benzene rings is 1. The first-order chi connectivity index (χ1) is 11.5. The summed E-state index contributed by atoms with van der Waals surface area (Å²) in [6, 6.07) is 7.26. The van der Waals surface area contributed by atoms with Crippen LogP contribution < -0.4 is 15.6 Å². The minimum Gasteiger partial charge on any atom is -0.495 e. The van der Waals surface area contributed by atoms with Crippen LogP contribution in [0.25, 0.3) is 0 Å². The van der Waals surface area contributed by atoms with Gasteiger partial charge in [-0.3, -0.25) is 9.59 Å². The predicted octanol–water partition coefficient (Wildman–Crippen LogP) is 3.07. The van der Waals surface area contributed by atoms with Crippen LogP contribution in [0, 0.1) is 12.8 Å². The lowest BCUT2D eigenvalue weighted by Crippen LogP contribution is -2.27. The monoisotopic (exact) mass is 326 g/mol. The number of methoxy groups -OCH3 is 1. The van der Waals surface area contributed by atoms with Gasteiger partial charge in [-0.25, -0.2) is 0 Å². The lowest BCUT2D eigenvalue weighted by molar-refractivity contribution is 0.102. The Hall–Kier alpha value is -2.56. The van der Waals surface area contributed by atoms with Crippen molar-refractivity contribution in [1.82, 2.24) is 4.98 Å².